The molecule has 1 aliphatic carbocycles. The number of aromatic amines is 1. The number of nitrogens with two attached hydrogens (primary N) is 1. The summed E-state index contributed by atoms with van der Waals surface area (Å²) in [5.74, 6) is -0.280. The van der Waals surface area contributed by atoms with Crippen molar-refractivity contribution >= 4 is 23.4 Å². The molecule has 1 aliphatic rings. The second kappa shape index (κ2) is 6.55. The Kier molecular flexibility index (Phi) is 4.60. The van der Waals surface area contributed by atoms with Crippen LogP contribution >= 0.6 is 11.8 Å². The van der Waals surface area contributed by atoms with Gasteiger partial charge in [0.2, 0.25) is 0 Å². The van der Waals surface area contributed by atoms with Crippen molar-refractivity contribution in [3.63, 3.8) is 0 Å². The molecule has 7 heteroatoms. The molecule has 0 unspecified atom stereocenters. The number of ketones is 1. The van der Waals surface area contributed by atoms with Gasteiger partial charge in [0.1, 0.15) is 11.4 Å². The predicted octanol–water partition coefficient (Wildman–Crippen LogP) is 2.35. The predicted molar refractivity (Wildman–Crippen MR) is 99.7 cm³/mol. The summed E-state index contributed by atoms with van der Waals surface area (Å²) in [4.78, 5) is 39.9. The lowest BCUT2D eigenvalue weighted by atomic mass is 10.1. The minimum atomic E-state index is -0.706. The highest BCUT2D eigenvalue weighted by atomic mass is 32.2. The Morgan fingerprint density at radius 2 is 1.84 bits per heavy atom. The van der Waals surface area contributed by atoms with Crippen molar-refractivity contribution in [3.8, 4) is 0 Å². The van der Waals surface area contributed by atoms with Crippen molar-refractivity contribution < 1.29 is 4.79 Å². The number of hydrogen-bond acceptors (Lipinski definition) is 5. The van der Waals surface area contributed by atoms with Crippen molar-refractivity contribution in [2.24, 2.45) is 0 Å². The Hall–Kier alpha value is -2.28. The zero-order valence-electron chi connectivity index (χ0n) is 14.5. The Balaban J connectivity index is 1.89. The van der Waals surface area contributed by atoms with Gasteiger partial charge in [-0.05, 0) is 44.7 Å². The van der Waals surface area contributed by atoms with Gasteiger partial charge in [-0.3, -0.25) is 19.1 Å². The zero-order valence-corrected chi connectivity index (χ0v) is 15.3. The smallest absolute Gasteiger partial charge is 0.330 e. The summed E-state index contributed by atoms with van der Waals surface area (Å²) in [5, 5.41) is 0. The van der Waals surface area contributed by atoms with Crippen LogP contribution in [0.5, 0.6) is 0 Å². The molecule has 1 heterocycles. The number of anilines is 1. The lowest BCUT2D eigenvalue weighted by Crippen LogP contribution is -2.36. The molecule has 2 aromatic rings. The van der Waals surface area contributed by atoms with Crippen LogP contribution in [-0.4, -0.2) is 21.1 Å². The summed E-state index contributed by atoms with van der Waals surface area (Å²) in [7, 11) is 0. The maximum Gasteiger partial charge on any atom is 0.330 e. The molecule has 0 bridgehead atoms. The molecule has 0 amide bonds. The molecule has 3 N–H and O–H groups in total. The third-order valence-electron chi connectivity index (χ3n) is 4.33. The van der Waals surface area contributed by atoms with Gasteiger partial charge in [0.25, 0.3) is 5.56 Å². The van der Waals surface area contributed by atoms with Crippen LogP contribution in [-0.2, 0) is 0 Å². The van der Waals surface area contributed by atoms with E-state index in [1.165, 1.54) is 21.9 Å². The van der Waals surface area contributed by atoms with Crippen LogP contribution in [0.1, 0.15) is 45.9 Å². The van der Waals surface area contributed by atoms with Crippen molar-refractivity contribution in [2.45, 2.75) is 44.6 Å². The van der Waals surface area contributed by atoms with Crippen LogP contribution < -0.4 is 17.0 Å². The number of nitrogens with one attached hydrogen (secondary N) is 1. The van der Waals surface area contributed by atoms with Crippen LogP contribution in [0.15, 0.2) is 26.6 Å². The summed E-state index contributed by atoms with van der Waals surface area (Å²) in [6.45, 7) is 6.03. The zero-order chi connectivity index (χ0) is 18.3. The average molecular weight is 359 g/mol. The molecule has 0 spiro atoms. The number of H-pyrrole nitrogens is 1. The molecule has 1 fully saturated rings. The molecule has 6 nitrogen and oxygen atoms in total. The number of rotatable bonds is 5. The van der Waals surface area contributed by atoms with Crippen molar-refractivity contribution in [1.82, 2.24) is 9.55 Å². The van der Waals surface area contributed by atoms with Gasteiger partial charge in [0.05, 0.1) is 5.75 Å². The van der Waals surface area contributed by atoms with E-state index in [0.717, 1.165) is 28.9 Å². The first-order valence-electron chi connectivity index (χ1n) is 8.17. The van der Waals surface area contributed by atoms with Crippen molar-refractivity contribution in [2.75, 3.05) is 11.5 Å². The van der Waals surface area contributed by atoms with Crippen LogP contribution in [0.25, 0.3) is 0 Å². The molecular formula is C18H21N3O3S. The number of thioether (sulfide) groups is 1. The Labute approximate surface area is 149 Å². The van der Waals surface area contributed by atoms with Gasteiger partial charge in [-0.15, -0.1) is 11.8 Å². The lowest BCUT2D eigenvalue weighted by Gasteiger charge is -2.12. The quantitative estimate of drug-likeness (QED) is 0.631. The summed E-state index contributed by atoms with van der Waals surface area (Å²) in [6.07, 6.45) is 1.67. The van der Waals surface area contributed by atoms with E-state index < -0.39 is 11.2 Å². The van der Waals surface area contributed by atoms with E-state index in [0.29, 0.717) is 0 Å². The Morgan fingerprint density at radius 3 is 2.40 bits per heavy atom. The fraction of sp³-hybridized carbons (Fsp3) is 0.389. The molecule has 3 rings (SSSR count). The van der Waals surface area contributed by atoms with Gasteiger partial charge < -0.3 is 5.73 Å². The standard InChI is InChI=1S/C18H21N3O3S/c1-9-6-10(2)15(11(3)7-9)25-8-13(22)14-16(19)21(12-4-5-12)18(24)20-17(14)23/h6-7,12H,4-5,8,19H2,1-3H3,(H,20,23,24). The molecule has 132 valence electrons. The van der Waals surface area contributed by atoms with Gasteiger partial charge in [-0.25, -0.2) is 4.79 Å². The molecule has 0 saturated heterocycles. The van der Waals surface area contributed by atoms with E-state index >= 15 is 0 Å². The van der Waals surface area contributed by atoms with Crippen LogP contribution in [0.3, 0.4) is 0 Å². The van der Waals surface area contributed by atoms with Crippen molar-refractivity contribution in [3.05, 3.63) is 55.2 Å². The van der Waals surface area contributed by atoms with E-state index in [9.17, 15) is 14.4 Å². The number of carbonyl (C=O) groups excluding carboxylic acids is 1. The van der Waals surface area contributed by atoms with E-state index in [1.807, 2.05) is 20.8 Å². The number of benzene rings is 1. The first kappa shape index (κ1) is 17.5. The number of Topliss-reactive ketones (excluding diaryl/α,β-unsaturated/α-hetero) is 1. The molecular weight excluding hydrogens is 338 g/mol. The highest BCUT2D eigenvalue weighted by Gasteiger charge is 2.30. The maximum absolute atomic E-state index is 12.6. The summed E-state index contributed by atoms with van der Waals surface area (Å²) in [6, 6.07) is 4.12. The lowest BCUT2D eigenvalue weighted by molar-refractivity contribution is 0.102. The van der Waals surface area contributed by atoms with Gasteiger partial charge in [-0.1, -0.05) is 17.7 Å². The van der Waals surface area contributed by atoms with Crippen LogP contribution in [0.2, 0.25) is 0 Å². The normalized spacial score (nSPS) is 13.9. The van der Waals surface area contributed by atoms with Crippen molar-refractivity contribution in [1.29, 1.82) is 0 Å². The monoisotopic (exact) mass is 359 g/mol. The molecule has 1 saturated carbocycles. The van der Waals surface area contributed by atoms with Crippen LogP contribution in [0.4, 0.5) is 5.82 Å². The number of aromatic nitrogens is 2. The number of nitrogen functional groups attached to an aromatic ring is 1. The first-order valence-corrected chi connectivity index (χ1v) is 9.16. The summed E-state index contributed by atoms with van der Waals surface area (Å²) >= 11 is 1.39. The highest BCUT2D eigenvalue weighted by molar-refractivity contribution is 8.00. The average Bonchev–Trinajstić information content (AvgIpc) is 3.30. The summed E-state index contributed by atoms with van der Waals surface area (Å²) in [5.41, 5.74) is 7.99. The van der Waals surface area contributed by atoms with E-state index in [1.54, 1.807) is 0 Å². The van der Waals surface area contributed by atoms with Crippen LogP contribution in [0, 0.1) is 20.8 Å². The SMILES string of the molecule is Cc1cc(C)c(SCC(=O)c2c(N)n(C3CC3)c(=O)[nH]c2=O)c(C)c1. The van der Waals surface area contributed by atoms with Gasteiger partial charge >= 0.3 is 5.69 Å². The maximum atomic E-state index is 12.6. The third kappa shape index (κ3) is 3.42. The molecule has 0 radical (unpaired) electrons. The van der Waals surface area contributed by atoms with Gasteiger partial charge in [0.15, 0.2) is 5.78 Å². The Morgan fingerprint density at radius 1 is 1.24 bits per heavy atom. The van der Waals surface area contributed by atoms with E-state index in [-0.39, 0.29) is 29.0 Å². The fourth-order valence-corrected chi connectivity index (χ4v) is 4.13. The fourth-order valence-electron chi connectivity index (χ4n) is 3.14. The largest absolute Gasteiger partial charge is 0.384 e. The molecule has 1 aromatic carbocycles. The number of carbonyl (C=O) groups is 1. The van der Waals surface area contributed by atoms with Gasteiger partial charge in [0, 0.05) is 10.9 Å². The number of nitrogens with zero attached hydrogens (tertiary/aromatic N) is 1. The second-order valence-corrected chi connectivity index (χ2v) is 7.55. The molecule has 1 aromatic heterocycles. The first-order chi connectivity index (χ1) is 11.8. The summed E-state index contributed by atoms with van der Waals surface area (Å²) < 4.78 is 1.33. The number of hydrogen-bond donors (Lipinski definition) is 2. The van der Waals surface area contributed by atoms with Gasteiger partial charge in [-0.2, -0.15) is 0 Å². The Bertz CT molecular complexity index is 948. The highest BCUT2D eigenvalue weighted by Crippen LogP contribution is 2.35. The molecule has 0 aliphatic heterocycles. The second-order valence-electron chi connectivity index (χ2n) is 6.56. The molecule has 25 heavy (non-hydrogen) atoms. The molecule has 0 atom stereocenters. The minimum absolute atomic E-state index is 0.00913. The van der Waals surface area contributed by atoms with E-state index in [4.69, 9.17) is 5.73 Å². The van der Waals surface area contributed by atoms with E-state index in [2.05, 4.69) is 17.1 Å². The third-order valence-corrected chi connectivity index (χ3v) is 5.66. The minimum Gasteiger partial charge on any atom is -0.384 e. The number of aryl methyl sites for hydroxylation is 3. The topological polar surface area (TPSA) is 97.9 Å².